The Bertz CT molecular complexity index is 1370. The molecule has 5 rings (SSSR count). The molecule has 0 bridgehead atoms. The van der Waals surface area contributed by atoms with E-state index in [0.717, 1.165) is 34.0 Å². The Hall–Kier alpha value is -3.97. The molecular weight excluding hydrogens is 440 g/mol. The largest absolute Gasteiger partial charge is 0.508 e. The predicted octanol–water partition coefficient (Wildman–Crippen LogP) is 5.04. The molecule has 1 aliphatic rings. The van der Waals surface area contributed by atoms with Gasteiger partial charge >= 0.3 is 0 Å². The molecule has 2 heterocycles. The third-order valence-corrected chi connectivity index (χ3v) is 6.07. The minimum atomic E-state index is -0.0905. The van der Waals surface area contributed by atoms with Crippen LogP contribution in [0, 0.1) is 0 Å². The van der Waals surface area contributed by atoms with Crippen molar-refractivity contribution in [3.05, 3.63) is 77.9 Å². The van der Waals surface area contributed by atoms with Crippen LogP contribution in [0.2, 0.25) is 0 Å². The predicted molar refractivity (Wildman–Crippen MR) is 138 cm³/mol. The van der Waals surface area contributed by atoms with Crippen LogP contribution in [-0.4, -0.2) is 47.3 Å². The van der Waals surface area contributed by atoms with Crippen LogP contribution in [0.25, 0.3) is 22.0 Å². The SMILES string of the molecule is CCCOCCNc1nc(-c2cccc(O)c2)c2c(n1)N(C(=O)c1ccc3ccccc3c1)CC2. The number of amides is 1. The van der Waals surface area contributed by atoms with Crippen molar-refractivity contribution in [1.82, 2.24) is 9.97 Å². The highest BCUT2D eigenvalue weighted by Gasteiger charge is 2.31. The summed E-state index contributed by atoms with van der Waals surface area (Å²) in [7, 11) is 0. The van der Waals surface area contributed by atoms with Gasteiger partial charge in [0.1, 0.15) is 11.6 Å². The Morgan fingerprint density at radius 1 is 1.03 bits per heavy atom. The number of anilines is 2. The lowest BCUT2D eigenvalue weighted by Gasteiger charge is -2.18. The van der Waals surface area contributed by atoms with E-state index >= 15 is 0 Å². The fourth-order valence-electron chi connectivity index (χ4n) is 4.38. The summed E-state index contributed by atoms with van der Waals surface area (Å²) in [5.74, 6) is 1.11. The Morgan fingerprint density at radius 2 is 1.89 bits per heavy atom. The van der Waals surface area contributed by atoms with Gasteiger partial charge in [-0.2, -0.15) is 4.98 Å². The van der Waals surface area contributed by atoms with Crippen LogP contribution in [-0.2, 0) is 11.2 Å². The lowest BCUT2D eigenvalue weighted by atomic mass is 10.1. The van der Waals surface area contributed by atoms with Gasteiger partial charge in [0.05, 0.1) is 12.3 Å². The molecule has 178 valence electrons. The maximum Gasteiger partial charge on any atom is 0.259 e. The first-order valence-electron chi connectivity index (χ1n) is 12.0. The molecule has 1 aromatic heterocycles. The maximum atomic E-state index is 13.6. The molecule has 1 amide bonds. The molecule has 0 spiro atoms. The van der Waals surface area contributed by atoms with Crippen molar-refractivity contribution in [1.29, 1.82) is 0 Å². The Balaban J connectivity index is 1.50. The second-order valence-electron chi connectivity index (χ2n) is 8.56. The fraction of sp³-hybridized carbons (Fsp3) is 0.250. The Labute approximate surface area is 204 Å². The Kier molecular flexibility index (Phi) is 6.59. The monoisotopic (exact) mass is 468 g/mol. The quantitative estimate of drug-likeness (QED) is 0.352. The third-order valence-electron chi connectivity index (χ3n) is 6.07. The molecule has 0 unspecified atom stereocenters. The van der Waals surface area contributed by atoms with Crippen molar-refractivity contribution in [2.75, 3.05) is 36.5 Å². The van der Waals surface area contributed by atoms with Gasteiger partial charge in [0, 0.05) is 36.4 Å². The van der Waals surface area contributed by atoms with Gasteiger partial charge in [-0.3, -0.25) is 9.69 Å². The molecule has 35 heavy (non-hydrogen) atoms. The smallest absolute Gasteiger partial charge is 0.259 e. The highest BCUT2D eigenvalue weighted by Crippen LogP contribution is 2.36. The van der Waals surface area contributed by atoms with Gasteiger partial charge in [-0.15, -0.1) is 0 Å². The number of fused-ring (bicyclic) bond motifs is 2. The number of hydrogen-bond acceptors (Lipinski definition) is 6. The summed E-state index contributed by atoms with van der Waals surface area (Å²) >= 11 is 0. The van der Waals surface area contributed by atoms with E-state index in [2.05, 4.69) is 12.2 Å². The molecule has 7 nitrogen and oxygen atoms in total. The van der Waals surface area contributed by atoms with E-state index in [0.29, 0.717) is 50.1 Å². The number of benzene rings is 3. The van der Waals surface area contributed by atoms with Crippen molar-refractivity contribution >= 4 is 28.4 Å². The molecule has 0 atom stereocenters. The minimum Gasteiger partial charge on any atom is -0.508 e. The highest BCUT2D eigenvalue weighted by molar-refractivity contribution is 6.09. The standard InChI is InChI=1S/C28H28N4O3/c1-2-15-35-16-13-29-28-30-25(21-8-5-9-23(33)18-21)24-12-14-32(26(24)31-28)27(34)22-11-10-19-6-3-4-7-20(19)17-22/h3-11,17-18,33H,2,12-16H2,1H3,(H,29,30,31). The van der Waals surface area contributed by atoms with E-state index < -0.39 is 0 Å². The summed E-state index contributed by atoms with van der Waals surface area (Å²) in [6.07, 6.45) is 1.60. The first kappa shape index (κ1) is 22.8. The van der Waals surface area contributed by atoms with Crippen LogP contribution in [0.3, 0.4) is 0 Å². The summed E-state index contributed by atoms with van der Waals surface area (Å²) < 4.78 is 5.56. The van der Waals surface area contributed by atoms with Crippen molar-refractivity contribution in [3.8, 4) is 17.0 Å². The van der Waals surface area contributed by atoms with Crippen LogP contribution in [0.4, 0.5) is 11.8 Å². The summed E-state index contributed by atoms with van der Waals surface area (Å²) in [4.78, 5) is 24.8. The van der Waals surface area contributed by atoms with E-state index in [1.165, 1.54) is 0 Å². The van der Waals surface area contributed by atoms with E-state index in [-0.39, 0.29) is 11.7 Å². The minimum absolute atomic E-state index is 0.0905. The number of nitrogens with one attached hydrogen (secondary N) is 1. The number of phenolic OH excluding ortho intramolecular Hbond substituents is 1. The van der Waals surface area contributed by atoms with Crippen molar-refractivity contribution in [3.63, 3.8) is 0 Å². The number of rotatable bonds is 8. The van der Waals surface area contributed by atoms with Crippen LogP contribution < -0.4 is 10.2 Å². The zero-order chi connectivity index (χ0) is 24.2. The normalized spacial score (nSPS) is 12.7. The van der Waals surface area contributed by atoms with Gasteiger partial charge in [0.2, 0.25) is 5.95 Å². The zero-order valence-corrected chi connectivity index (χ0v) is 19.7. The second-order valence-corrected chi connectivity index (χ2v) is 8.56. The number of aromatic hydroxyl groups is 1. The van der Waals surface area contributed by atoms with Crippen molar-refractivity contribution in [2.45, 2.75) is 19.8 Å². The molecule has 0 fully saturated rings. The average Bonchev–Trinajstić information content (AvgIpc) is 3.31. The summed E-state index contributed by atoms with van der Waals surface area (Å²) in [6, 6.07) is 20.8. The van der Waals surface area contributed by atoms with Crippen LogP contribution in [0.5, 0.6) is 5.75 Å². The lowest BCUT2D eigenvalue weighted by molar-refractivity contribution is 0.0989. The number of carbonyl (C=O) groups excluding carboxylic acids is 1. The van der Waals surface area contributed by atoms with Gasteiger partial charge in [0.25, 0.3) is 5.91 Å². The van der Waals surface area contributed by atoms with E-state index in [9.17, 15) is 9.90 Å². The average molecular weight is 469 g/mol. The van der Waals surface area contributed by atoms with E-state index in [1.807, 2.05) is 48.5 Å². The third kappa shape index (κ3) is 4.81. The topological polar surface area (TPSA) is 87.6 Å². The first-order chi connectivity index (χ1) is 17.1. The Morgan fingerprint density at radius 3 is 2.71 bits per heavy atom. The number of nitrogens with zero attached hydrogens (tertiary/aromatic N) is 3. The molecule has 0 radical (unpaired) electrons. The molecule has 2 N–H and O–H groups in total. The maximum absolute atomic E-state index is 13.6. The number of aromatic nitrogens is 2. The number of carbonyl (C=O) groups is 1. The first-order valence-corrected chi connectivity index (χ1v) is 12.0. The van der Waals surface area contributed by atoms with Gasteiger partial charge < -0.3 is 15.2 Å². The second kappa shape index (κ2) is 10.1. The molecule has 0 aliphatic carbocycles. The fourth-order valence-corrected chi connectivity index (χ4v) is 4.38. The van der Waals surface area contributed by atoms with Crippen LogP contribution in [0.15, 0.2) is 66.7 Å². The molecule has 0 saturated heterocycles. The van der Waals surface area contributed by atoms with Crippen molar-refractivity contribution in [2.24, 2.45) is 0 Å². The number of phenols is 1. The molecule has 1 aliphatic heterocycles. The number of hydrogen-bond donors (Lipinski definition) is 2. The molecule has 0 saturated carbocycles. The molecule has 7 heteroatoms. The van der Waals surface area contributed by atoms with E-state index in [1.54, 1.807) is 23.1 Å². The summed E-state index contributed by atoms with van der Waals surface area (Å²) in [5, 5.41) is 15.4. The molecule has 3 aromatic carbocycles. The lowest BCUT2D eigenvalue weighted by Crippen LogP contribution is -2.29. The van der Waals surface area contributed by atoms with Crippen LogP contribution >= 0.6 is 0 Å². The number of ether oxygens (including phenoxy) is 1. The van der Waals surface area contributed by atoms with Gasteiger partial charge in [-0.05, 0) is 47.9 Å². The van der Waals surface area contributed by atoms with E-state index in [4.69, 9.17) is 14.7 Å². The van der Waals surface area contributed by atoms with Gasteiger partial charge in [-0.25, -0.2) is 4.98 Å². The van der Waals surface area contributed by atoms with Gasteiger partial charge in [-0.1, -0.05) is 49.4 Å². The summed E-state index contributed by atoms with van der Waals surface area (Å²) in [5.41, 5.74) is 3.03. The molecular formula is C28H28N4O3. The zero-order valence-electron chi connectivity index (χ0n) is 19.7. The van der Waals surface area contributed by atoms with Gasteiger partial charge in [0.15, 0.2) is 0 Å². The van der Waals surface area contributed by atoms with Crippen molar-refractivity contribution < 1.29 is 14.6 Å². The highest BCUT2D eigenvalue weighted by atomic mass is 16.5. The molecule has 4 aromatic rings. The summed E-state index contributed by atoms with van der Waals surface area (Å²) in [6.45, 7) is 4.38. The van der Waals surface area contributed by atoms with Crippen LogP contribution in [0.1, 0.15) is 29.3 Å².